The third-order valence-corrected chi connectivity index (χ3v) is 1.66. The number of hydrogen-bond donors (Lipinski definition) is 0. The Kier molecular flexibility index (Phi) is 3.69. The van der Waals surface area contributed by atoms with Gasteiger partial charge >= 0.3 is 11.4 Å². The Bertz CT molecular complexity index is 252. The molecule has 0 aliphatic rings. The van der Waals surface area contributed by atoms with Crippen molar-refractivity contribution in [2.24, 2.45) is 0 Å². The molecule has 66 valence electrons. The lowest BCUT2D eigenvalue weighted by molar-refractivity contribution is 0.196. The van der Waals surface area contributed by atoms with Gasteiger partial charge in [-0.1, -0.05) is 18.2 Å². The van der Waals surface area contributed by atoms with Crippen molar-refractivity contribution in [3.63, 3.8) is 0 Å². The van der Waals surface area contributed by atoms with Crippen molar-refractivity contribution >= 4 is 11.4 Å². The SMILES string of the molecule is O=S(OCF)Oc1ccccc1. The van der Waals surface area contributed by atoms with E-state index in [9.17, 15) is 8.60 Å². The van der Waals surface area contributed by atoms with Gasteiger partial charge in [-0.3, -0.25) is 0 Å². The van der Waals surface area contributed by atoms with Gasteiger partial charge in [-0.15, -0.1) is 0 Å². The minimum absolute atomic E-state index is 0.379. The first-order chi connectivity index (χ1) is 5.83. The maximum Gasteiger partial charge on any atom is 0.362 e. The van der Waals surface area contributed by atoms with Crippen molar-refractivity contribution in [2.45, 2.75) is 0 Å². The van der Waals surface area contributed by atoms with Crippen LogP contribution in [-0.4, -0.2) is 11.1 Å². The van der Waals surface area contributed by atoms with Gasteiger partial charge in [0.2, 0.25) is 6.86 Å². The highest BCUT2D eigenvalue weighted by molar-refractivity contribution is 7.75. The van der Waals surface area contributed by atoms with E-state index >= 15 is 0 Å². The van der Waals surface area contributed by atoms with Crippen molar-refractivity contribution in [2.75, 3.05) is 6.86 Å². The first kappa shape index (κ1) is 9.15. The Labute approximate surface area is 72.0 Å². The van der Waals surface area contributed by atoms with Crippen molar-refractivity contribution in [1.29, 1.82) is 0 Å². The van der Waals surface area contributed by atoms with E-state index in [0.29, 0.717) is 5.75 Å². The predicted molar refractivity (Wildman–Crippen MR) is 42.3 cm³/mol. The van der Waals surface area contributed by atoms with E-state index in [-0.39, 0.29) is 0 Å². The standard InChI is InChI=1S/C7H7FO3S/c8-6-10-12(9)11-7-4-2-1-3-5-7/h1-5H,6H2. The average Bonchev–Trinajstić information content (AvgIpc) is 2.06. The van der Waals surface area contributed by atoms with Gasteiger partial charge in [-0.2, -0.15) is 4.21 Å². The molecule has 0 fully saturated rings. The summed E-state index contributed by atoms with van der Waals surface area (Å²) in [7, 11) is 0. The zero-order valence-corrected chi connectivity index (χ0v) is 6.92. The minimum atomic E-state index is -2.05. The van der Waals surface area contributed by atoms with E-state index < -0.39 is 18.2 Å². The van der Waals surface area contributed by atoms with Crippen LogP contribution < -0.4 is 4.18 Å². The van der Waals surface area contributed by atoms with Crippen molar-refractivity contribution in [3.8, 4) is 5.75 Å². The van der Waals surface area contributed by atoms with Crippen LogP contribution in [0.3, 0.4) is 0 Å². The number of hydrogen-bond acceptors (Lipinski definition) is 3. The van der Waals surface area contributed by atoms with Crippen LogP contribution in [0.4, 0.5) is 4.39 Å². The maximum absolute atomic E-state index is 11.5. The van der Waals surface area contributed by atoms with Gasteiger partial charge in [-0.05, 0) is 12.1 Å². The highest BCUT2D eigenvalue weighted by Gasteiger charge is 2.00. The monoisotopic (exact) mass is 190 g/mol. The molecule has 0 radical (unpaired) electrons. The van der Waals surface area contributed by atoms with Crippen molar-refractivity contribution in [1.82, 2.24) is 0 Å². The number of halogens is 1. The van der Waals surface area contributed by atoms with Crippen LogP contribution in [-0.2, 0) is 15.5 Å². The Hall–Kier alpha value is -0.940. The third kappa shape index (κ3) is 2.98. The van der Waals surface area contributed by atoms with Crippen LogP contribution in [0.5, 0.6) is 5.75 Å². The summed E-state index contributed by atoms with van der Waals surface area (Å²) >= 11 is -2.05. The summed E-state index contributed by atoms with van der Waals surface area (Å²) in [5, 5.41) is 0. The summed E-state index contributed by atoms with van der Waals surface area (Å²) in [6.45, 7) is -1.13. The molecule has 1 unspecified atom stereocenters. The van der Waals surface area contributed by atoms with Crippen molar-refractivity contribution in [3.05, 3.63) is 30.3 Å². The van der Waals surface area contributed by atoms with E-state index in [1.807, 2.05) is 0 Å². The molecule has 0 saturated heterocycles. The lowest BCUT2D eigenvalue weighted by atomic mass is 10.3. The molecule has 0 amide bonds. The van der Waals surface area contributed by atoms with Crippen LogP contribution in [0, 0.1) is 0 Å². The molecule has 1 rings (SSSR count). The molecule has 0 saturated carbocycles. The molecule has 0 aliphatic heterocycles. The summed E-state index contributed by atoms with van der Waals surface area (Å²) in [6, 6.07) is 8.40. The van der Waals surface area contributed by atoms with E-state index in [2.05, 4.69) is 8.37 Å². The second kappa shape index (κ2) is 4.84. The molecule has 3 nitrogen and oxygen atoms in total. The van der Waals surface area contributed by atoms with Crippen LogP contribution in [0.15, 0.2) is 30.3 Å². The summed E-state index contributed by atoms with van der Waals surface area (Å²) in [5.74, 6) is 0.379. The molecule has 1 aromatic rings. The number of benzene rings is 1. The Morgan fingerprint density at radius 3 is 2.58 bits per heavy atom. The van der Waals surface area contributed by atoms with Gasteiger partial charge in [0.25, 0.3) is 0 Å². The summed E-state index contributed by atoms with van der Waals surface area (Å²) in [6.07, 6.45) is 0. The van der Waals surface area contributed by atoms with E-state index in [4.69, 9.17) is 0 Å². The fourth-order valence-electron chi connectivity index (χ4n) is 0.615. The van der Waals surface area contributed by atoms with E-state index in [1.54, 1.807) is 30.3 Å². The van der Waals surface area contributed by atoms with E-state index in [0.717, 1.165) is 0 Å². The smallest absolute Gasteiger partial charge is 0.362 e. The van der Waals surface area contributed by atoms with Gasteiger partial charge in [-0.25, -0.2) is 8.57 Å². The van der Waals surface area contributed by atoms with Crippen LogP contribution >= 0.6 is 0 Å². The van der Waals surface area contributed by atoms with Crippen LogP contribution in [0.2, 0.25) is 0 Å². The molecule has 0 aromatic heterocycles. The lowest BCUT2D eigenvalue weighted by Gasteiger charge is -2.00. The average molecular weight is 190 g/mol. The quantitative estimate of drug-likeness (QED) is 0.723. The molecule has 0 aliphatic carbocycles. The van der Waals surface area contributed by atoms with Crippen LogP contribution in [0.25, 0.3) is 0 Å². The summed E-state index contributed by atoms with van der Waals surface area (Å²) in [4.78, 5) is 0. The highest BCUT2D eigenvalue weighted by atomic mass is 32.2. The molecule has 1 aromatic carbocycles. The molecular formula is C7H7FO3S. The normalized spacial score (nSPS) is 12.4. The van der Waals surface area contributed by atoms with Crippen LogP contribution in [0.1, 0.15) is 0 Å². The van der Waals surface area contributed by atoms with Gasteiger partial charge in [0.05, 0.1) is 0 Å². The molecule has 0 heterocycles. The first-order valence-corrected chi connectivity index (χ1v) is 4.17. The number of rotatable bonds is 4. The second-order valence-corrected chi connectivity index (χ2v) is 2.64. The van der Waals surface area contributed by atoms with Gasteiger partial charge in [0.15, 0.2) is 0 Å². The molecule has 0 N–H and O–H groups in total. The zero-order valence-electron chi connectivity index (χ0n) is 6.10. The lowest BCUT2D eigenvalue weighted by Crippen LogP contribution is -2.03. The minimum Gasteiger partial charge on any atom is -0.380 e. The molecule has 0 bridgehead atoms. The molecule has 1 atom stereocenters. The van der Waals surface area contributed by atoms with E-state index in [1.165, 1.54) is 0 Å². The van der Waals surface area contributed by atoms with Gasteiger partial charge in [0.1, 0.15) is 5.75 Å². The molecule has 0 spiro atoms. The molecular weight excluding hydrogens is 183 g/mol. The van der Waals surface area contributed by atoms with Gasteiger partial charge in [0, 0.05) is 0 Å². The van der Waals surface area contributed by atoms with Gasteiger partial charge < -0.3 is 4.18 Å². The zero-order chi connectivity index (χ0) is 8.81. The number of alkyl halides is 1. The Morgan fingerprint density at radius 1 is 1.33 bits per heavy atom. The summed E-state index contributed by atoms with van der Waals surface area (Å²) in [5.41, 5.74) is 0. The maximum atomic E-state index is 11.5. The Morgan fingerprint density at radius 2 is 2.00 bits per heavy atom. The van der Waals surface area contributed by atoms with Crippen molar-refractivity contribution < 1.29 is 17.0 Å². The molecule has 5 heteroatoms. The molecule has 12 heavy (non-hydrogen) atoms. The second-order valence-electron chi connectivity index (χ2n) is 1.83. The topological polar surface area (TPSA) is 35.5 Å². The summed E-state index contributed by atoms with van der Waals surface area (Å²) < 4.78 is 30.8. The third-order valence-electron chi connectivity index (χ3n) is 1.05. The fraction of sp³-hybridized carbons (Fsp3) is 0.143. The fourth-order valence-corrected chi connectivity index (χ4v) is 1.00. The number of para-hydroxylation sites is 1. The Balaban J connectivity index is 2.47. The first-order valence-electron chi connectivity index (χ1n) is 3.17. The predicted octanol–water partition coefficient (Wildman–Crippen LogP) is 1.59. The highest BCUT2D eigenvalue weighted by Crippen LogP contribution is 2.09. The largest absolute Gasteiger partial charge is 0.380 e.